The second-order valence-corrected chi connectivity index (χ2v) is 8.22. The molecular weight excluding hydrogens is 409 g/mol. The fraction of sp³-hybridized carbons (Fsp3) is 0.609. The predicted molar refractivity (Wildman–Crippen MR) is 124 cm³/mol. The summed E-state index contributed by atoms with van der Waals surface area (Å²) < 4.78 is 12.1. The molecule has 0 fully saturated rings. The Bertz CT molecular complexity index is 643. The van der Waals surface area contributed by atoms with E-state index in [1.165, 1.54) is 0 Å². The van der Waals surface area contributed by atoms with E-state index in [0.29, 0.717) is 25.7 Å². The highest BCUT2D eigenvalue weighted by molar-refractivity contribution is 6.55. The van der Waals surface area contributed by atoms with Gasteiger partial charge in [0.05, 0.1) is 12.3 Å². The SMILES string of the molecule is CCc1cc(OCC=C(Cl)Cl)cc(CC)c1OCCCCCON=C(C)C(C)C. The molecule has 6 heteroatoms. The molecule has 1 aromatic rings. The van der Waals surface area contributed by atoms with Gasteiger partial charge in [-0.25, -0.2) is 0 Å². The van der Waals surface area contributed by atoms with E-state index >= 15 is 0 Å². The van der Waals surface area contributed by atoms with Crippen molar-refractivity contribution in [3.05, 3.63) is 33.8 Å². The smallest absolute Gasteiger partial charge is 0.125 e. The fourth-order valence-electron chi connectivity index (χ4n) is 2.59. The van der Waals surface area contributed by atoms with Gasteiger partial charge in [0.25, 0.3) is 0 Å². The summed E-state index contributed by atoms with van der Waals surface area (Å²) in [6.07, 6.45) is 6.40. The van der Waals surface area contributed by atoms with Crippen LogP contribution in [0.2, 0.25) is 0 Å². The summed E-state index contributed by atoms with van der Waals surface area (Å²) in [6.45, 7) is 12.2. The van der Waals surface area contributed by atoms with Gasteiger partial charge in [0.2, 0.25) is 0 Å². The Morgan fingerprint density at radius 3 is 2.17 bits per heavy atom. The average Bonchev–Trinajstić information content (AvgIpc) is 2.69. The van der Waals surface area contributed by atoms with Gasteiger partial charge >= 0.3 is 0 Å². The molecule has 0 aliphatic heterocycles. The first-order chi connectivity index (χ1) is 13.9. The van der Waals surface area contributed by atoms with Crippen LogP contribution >= 0.6 is 23.2 Å². The third-order valence-electron chi connectivity index (χ3n) is 4.64. The van der Waals surface area contributed by atoms with E-state index in [0.717, 1.165) is 60.4 Å². The van der Waals surface area contributed by atoms with E-state index in [-0.39, 0.29) is 4.49 Å². The van der Waals surface area contributed by atoms with Crippen LogP contribution in [0, 0.1) is 5.92 Å². The minimum absolute atomic E-state index is 0.212. The molecular formula is C23H35Cl2NO3. The number of halogens is 2. The second-order valence-electron chi connectivity index (χ2n) is 7.21. The van der Waals surface area contributed by atoms with E-state index in [9.17, 15) is 0 Å². The standard InChI is InChI=1S/C23H35Cl2NO3/c1-6-19-15-21(27-14-11-22(24)25)16-20(7-2)23(19)28-12-9-8-10-13-29-26-18(5)17(3)4/h11,15-17H,6-10,12-14H2,1-5H3. The number of oxime groups is 1. The Morgan fingerprint density at radius 1 is 1.00 bits per heavy atom. The topological polar surface area (TPSA) is 40.0 Å². The van der Waals surface area contributed by atoms with E-state index in [1.807, 2.05) is 19.1 Å². The van der Waals surface area contributed by atoms with Crippen LogP contribution in [0.1, 0.15) is 65.0 Å². The van der Waals surface area contributed by atoms with Crippen LogP contribution < -0.4 is 9.47 Å². The summed E-state index contributed by atoms with van der Waals surface area (Å²) in [5, 5.41) is 4.13. The van der Waals surface area contributed by atoms with Crippen molar-refractivity contribution in [2.24, 2.45) is 11.1 Å². The molecule has 0 saturated carbocycles. The Kier molecular flexibility index (Phi) is 12.9. The summed E-state index contributed by atoms with van der Waals surface area (Å²) in [4.78, 5) is 5.37. The normalized spacial score (nSPS) is 11.5. The Hall–Kier alpha value is -1.39. The molecule has 0 N–H and O–H groups in total. The van der Waals surface area contributed by atoms with Crippen molar-refractivity contribution in [1.29, 1.82) is 0 Å². The van der Waals surface area contributed by atoms with E-state index < -0.39 is 0 Å². The molecule has 0 aromatic heterocycles. The predicted octanol–water partition coefficient (Wildman–Crippen LogP) is 7.11. The summed E-state index contributed by atoms with van der Waals surface area (Å²) in [7, 11) is 0. The molecule has 0 spiro atoms. The van der Waals surface area contributed by atoms with Gasteiger partial charge in [-0.05, 0) is 74.3 Å². The number of hydrogen-bond donors (Lipinski definition) is 0. The van der Waals surface area contributed by atoms with Crippen molar-refractivity contribution in [1.82, 2.24) is 0 Å². The van der Waals surface area contributed by atoms with Crippen molar-refractivity contribution < 1.29 is 14.3 Å². The third kappa shape index (κ3) is 10.3. The minimum Gasteiger partial charge on any atom is -0.493 e. The molecule has 1 aromatic carbocycles. The minimum atomic E-state index is 0.212. The molecule has 0 saturated heterocycles. The molecule has 29 heavy (non-hydrogen) atoms. The van der Waals surface area contributed by atoms with Crippen molar-refractivity contribution in [2.45, 2.75) is 66.7 Å². The van der Waals surface area contributed by atoms with Gasteiger partial charge in [0, 0.05) is 0 Å². The van der Waals surface area contributed by atoms with Crippen LogP contribution in [-0.4, -0.2) is 25.5 Å². The van der Waals surface area contributed by atoms with Crippen LogP contribution in [0.4, 0.5) is 0 Å². The maximum Gasteiger partial charge on any atom is 0.125 e. The van der Waals surface area contributed by atoms with Crippen molar-refractivity contribution in [3.8, 4) is 11.5 Å². The number of unbranched alkanes of at least 4 members (excludes halogenated alkanes) is 2. The highest BCUT2D eigenvalue weighted by Gasteiger charge is 2.11. The van der Waals surface area contributed by atoms with Crippen LogP contribution in [0.3, 0.4) is 0 Å². The van der Waals surface area contributed by atoms with Gasteiger partial charge in [-0.1, -0.05) is 56.1 Å². The summed E-state index contributed by atoms with van der Waals surface area (Å²) in [6, 6.07) is 4.07. The van der Waals surface area contributed by atoms with Gasteiger partial charge in [0.1, 0.15) is 29.2 Å². The van der Waals surface area contributed by atoms with E-state index in [1.54, 1.807) is 6.08 Å². The lowest BCUT2D eigenvalue weighted by Gasteiger charge is -2.17. The Morgan fingerprint density at radius 2 is 1.62 bits per heavy atom. The monoisotopic (exact) mass is 443 g/mol. The van der Waals surface area contributed by atoms with Crippen LogP contribution in [-0.2, 0) is 17.7 Å². The molecule has 0 radical (unpaired) electrons. The maximum absolute atomic E-state index is 6.15. The quantitative estimate of drug-likeness (QED) is 0.174. The number of rotatable bonds is 14. The largest absolute Gasteiger partial charge is 0.493 e. The molecule has 0 unspecified atom stereocenters. The van der Waals surface area contributed by atoms with Gasteiger partial charge < -0.3 is 14.3 Å². The molecule has 0 atom stereocenters. The molecule has 0 heterocycles. The molecule has 4 nitrogen and oxygen atoms in total. The van der Waals surface area contributed by atoms with Crippen LogP contribution in [0.15, 0.2) is 27.9 Å². The van der Waals surface area contributed by atoms with Crippen LogP contribution in [0.5, 0.6) is 11.5 Å². The van der Waals surface area contributed by atoms with E-state index in [4.69, 9.17) is 37.5 Å². The highest BCUT2D eigenvalue weighted by Crippen LogP contribution is 2.31. The van der Waals surface area contributed by atoms with Gasteiger partial charge in [0.15, 0.2) is 0 Å². The molecule has 0 aliphatic carbocycles. The van der Waals surface area contributed by atoms with Crippen molar-refractivity contribution in [3.63, 3.8) is 0 Å². The summed E-state index contributed by atoms with van der Waals surface area (Å²) >= 11 is 11.3. The van der Waals surface area contributed by atoms with Crippen LogP contribution in [0.25, 0.3) is 0 Å². The number of nitrogens with zero attached hydrogens (tertiary/aromatic N) is 1. The molecule has 0 amide bonds. The first-order valence-electron chi connectivity index (χ1n) is 10.5. The van der Waals surface area contributed by atoms with Crippen molar-refractivity contribution >= 4 is 28.9 Å². The zero-order valence-electron chi connectivity index (χ0n) is 18.4. The third-order valence-corrected chi connectivity index (χ3v) is 4.94. The molecule has 0 aliphatic rings. The molecule has 164 valence electrons. The number of benzene rings is 1. The lowest BCUT2D eigenvalue weighted by molar-refractivity contribution is 0.137. The van der Waals surface area contributed by atoms with E-state index in [2.05, 4.69) is 32.9 Å². The highest BCUT2D eigenvalue weighted by atomic mass is 35.5. The average molecular weight is 444 g/mol. The fourth-order valence-corrected chi connectivity index (χ4v) is 2.72. The Balaban J connectivity index is 2.50. The first kappa shape index (κ1) is 25.6. The zero-order chi connectivity index (χ0) is 21.6. The number of ether oxygens (including phenoxy) is 2. The van der Waals surface area contributed by atoms with Gasteiger partial charge in [-0.15, -0.1) is 0 Å². The first-order valence-corrected chi connectivity index (χ1v) is 11.2. The lowest BCUT2D eigenvalue weighted by atomic mass is 10.0. The van der Waals surface area contributed by atoms with Gasteiger partial charge in [-0.3, -0.25) is 0 Å². The zero-order valence-corrected chi connectivity index (χ0v) is 19.9. The molecule has 0 bridgehead atoms. The summed E-state index contributed by atoms with van der Waals surface area (Å²) in [5.41, 5.74) is 3.34. The number of aryl methyl sites for hydroxylation is 2. The maximum atomic E-state index is 6.15. The summed E-state index contributed by atoms with van der Waals surface area (Å²) in [5.74, 6) is 2.23. The second kappa shape index (κ2) is 14.6. The molecule has 1 rings (SSSR count). The Labute approximate surface area is 186 Å². The van der Waals surface area contributed by atoms with Crippen molar-refractivity contribution in [2.75, 3.05) is 19.8 Å². The van der Waals surface area contributed by atoms with Gasteiger partial charge in [-0.2, -0.15) is 0 Å². The lowest BCUT2D eigenvalue weighted by Crippen LogP contribution is -2.05. The number of hydrogen-bond acceptors (Lipinski definition) is 4.